The predicted octanol–water partition coefficient (Wildman–Crippen LogP) is 4.14. The molecule has 0 aliphatic rings. The monoisotopic (exact) mass is 420 g/mol. The molecule has 9 heteroatoms. The van der Waals surface area contributed by atoms with Gasteiger partial charge in [-0.25, -0.2) is 4.68 Å². The molecule has 30 heavy (non-hydrogen) atoms. The molecule has 3 aromatic heterocycles. The first-order chi connectivity index (χ1) is 14.7. The third kappa shape index (κ3) is 4.11. The van der Waals surface area contributed by atoms with Crippen LogP contribution in [0.25, 0.3) is 17.1 Å². The van der Waals surface area contributed by atoms with Gasteiger partial charge in [-0.1, -0.05) is 50.7 Å². The summed E-state index contributed by atoms with van der Waals surface area (Å²) in [6.45, 7) is 7.29. The van der Waals surface area contributed by atoms with Crippen LogP contribution < -0.4 is 0 Å². The van der Waals surface area contributed by atoms with E-state index >= 15 is 0 Å². The summed E-state index contributed by atoms with van der Waals surface area (Å²) in [4.78, 5) is 4.26. The van der Waals surface area contributed by atoms with Gasteiger partial charge in [-0.2, -0.15) is 0 Å². The molecule has 0 bridgehead atoms. The van der Waals surface area contributed by atoms with Crippen molar-refractivity contribution in [1.29, 1.82) is 0 Å². The van der Waals surface area contributed by atoms with Crippen molar-refractivity contribution in [3.05, 3.63) is 60.2 Å². The predicted molar refractivity (Wildman–Crippen MR) is 116 cm³/mol. The fourth-order valence-corrected chi connectivity index (χ4v) is 4.16. The van der Waals surface area contributed by atoms with E-state index in [0.29, 0.717) is 11.7 Å². The lowest BCUT2D eigenvalue weighted by atomic mass is 10.0. The van der Waals surface area contributed by atoms with Gasteiger partial charge in [0, 0.05) is 24.5 Å². The van der Waals surface area contributed by atoms with Gasteiger partial charge in [0.25, 0.3) is 0 Å². The zero-order valence-electron chi connectivity index (χ0n) is 17.3. The van der Waals surface area contributed by atoms with Gasteiger partial charge in [0.2, 0.25) is 0 Å². The number of tetrazole rings is 1. The number of thioether (sulfide) groups is 1. The number of hydrogen-bond acceptors (Lipinski definition) is 7. The maximum Gasteiger partial charge on any atom is 0.196 e. The average molecular weight is 421 g/mol. The second-order valence-electron chi connectivity index (χ2n) is 7.20. The fraction of sp³-hybridized carbons (Fsp3) is 0.333. The van der Waals surface area contributed by atoms with Crippen molar-refractivity contribution >= 4 is 11.8 Å². The van der Waals surface area contributed by atoms with Crippen LogP contribution in [0.5, 0.6) is 0 Å². The summed E-state index contributed by atoms with van der Waals surface area (Å²) in [6.07, 6.45) is 4.55. The molecule has 0 radical (unpaired) electrons. The van der Waals surface area contributed by atoms with E-state index in [1.807, 2.05) is 29.1 Å². The largest absolute Gasteiger partial charge is 0.270 e. The Hall–Kier alpha value is -3.07. The number of pyridine rings is 1. The van der Waals surface area contributed by atoms with Crippen molar-refractivity contribution in [2.24, 2.45) is 0 Å². The molecule has 0 N–H and O–H groups in total. The number of rotatable bonds is 8. The number of aryl methyl sites for hydroxylation is 1. The van der Waals surface area contributed by atoms with E-state index in [-0.39, 0.29) is 0 Å². The Balaban J connectivity index is 1.76. The summed E-state index contributed by atoms with van der Waals surface area (Å²) in [5.74, 6) is 2.57. The van der Waals surface area contributed by atoms with Gasteiger partial charge < -0.3 is 0 Å². The minimum atomic E-state index is 0.361. The minimum Gasteiger partial charge on any atom is -0.270 e. The van der Waals surface area contributed by atoms with Crippen molar-refractivity contribution < 1.29 is 0 Å². The molecule has 3 heterocycles. The standard InChI is InChI=1S/C21H24N8S/c1-4-12-28-19(23-26-27-28)14-30-21-25-24-20(16-8-7-11-22-13-16)29(21)18-10-6-5-9-17(18)15(2)3/h5-11,13,15H,4,12,14H2,1-3H3. The molecule has 0 aliphatic heterocycles. The molecule has 0 saturated carbocycles. The molecule has 154 valence electrons. The van der Waals surface area contributed by atoms with Gasteiger partial charge in [0.15, 0.2) is 16.8 Å². The molecule has 0 aliphatic carbocycles. The second kappa shape index (κ2) is 9.17. The summed E-state index contributed by atoms with van der Waals surface area (Å²) in [5, 5.41) is 21.9. The van der Waals surface area contributed by atoms with E-state index in [1.54, 1.807) is 18.0 Å². The SMILES string of the molecule is CCCn1nnnc1CSc1nnc(-c2cccnc2)n1-c1ccccc1C(C)C. The van der Waals surface area contributed by atoms with Crippen LogP contribution in [0.15, 0.2) is 53.9 Å². The molecule has 8 nitrogen and oxygen atoms in total. The highest BCUT2D eigenvalue weighted by atomic mass is 32.2. The van der Waals surface area contributed by atoms with Crippen LogP contribution in [-0.4, -0.2) is 40.0 Å². The number of hydrogen-bond donors (Lipinski definition) is 0. The number of para-hydroxylation sites is 1. The Morgan fingerprint density at radius 2 is 1.90 bits per heavy atom. The Morgan fingerprint density at radius 1 is 1.03 bits per heavy atom. The highest BCUT2D eigenvalue weighted by Crippen LogP contribution is 2.32. The molecular formula is C21H24N8S. The third-order valence-electron chi connectivity index (χ3n) is 4.72. The van der Waals surface area contributed by atoms with Crippen LogP contribution in [0.2, 0.25) is 0 Å². The lowest BCUT2D eigenvalue weighted by Gasteiger charge is -2.16. The van der Waals surface area contributed by atoms with Gasteiger partial charge >= 0.3 is 0 Å². The zero-order chi connectivity index (χ0) is 20.9. The van der Waals surface area contributed by atoms with Gasteiger partial charge in [-0.05, 0) is 46.5 Å². The highest BCUT2D eigenvalue weighted by molar-refractivity contribution is 7.98. The van der Waals surface area contributed by atoms with Crippen molar-refractivity contribution in [1.82, 2.24) is 40.0 Å². The molecule has 0 spiro atoms. The first kappa shape index (κ1) is 20.2. The summed E-state index contributed by atoms with van der Waals surface area (Å²) < 4.78 is 3.96. The average Bonchev–Trinajstić information content (AvgIpc) is 3.39. The van der Waals surface area contributed by atoms with E-state index in [9.17, 15) is 0 Å². The normalized spacial score (nSPS) is 11.3. The summed E-state index contributed by atoms with van der Waals surface area (Å²) >= 11 is 1.58. The molecular weight excluding hydrogens is 396 g/mol. The van der Waals surface area contributed by atoms with E-state index in [2.05, 4.69) is 74.2 Å². The maximum atomic E-state index is 4.52. The van der Waals surface area contributed by atoms with Crippen LogP contribution in [0, 0.1) is 0 Å². The molecule has 1 aromatic carbocycles. The van der Waals surface area contributed by atoms with Crippen molar-refractivity contribution in [2.75, 3.05) is 0 Å². The van der Waals surface area contributed by atoms with Gasteiger partial charge in [0.1, 0.15) is 0 Å². The molecule has 0 atom stereocenters. The Kier molecular flexibility index (Phi) is 6.18. The van der Waals surface area contributed by atoms with Gasteiger partial charge in [-0.15, -0.1) is 15.3 Å². The fourth-order valence-electron chi connectivity index (χ4n) is 3.28. The number of benzene rings is 1. The molecule has 0 unspecified atom stereocenters. The van der Waals surface area contributed by atoms with E-state index < -0.39 is 0 Å². The van der Waals surface area contributed by atoms with Crippen LogP contribution in [0.3, 0.4) is 0 Å². The van der Waals surface area contributed by atoms with Crippen LogP contribution in [0.4, 0.5) is 0 Å². The Bertz CT molecular complexity index is 1100. The Morgan fingerprint density at radius 3 is 2.67 bits per heavy atom. The second-order valence-corrected chi connectivity index (χ2v) is 8.15. The lowest BCUT2D eigenvalue weighted by molar-refractivity contribution is 0.564. The van der Waals surface area contributed by atoms with E-state index in [0.717, 1.165) is 41.0 Å². The summed E-state index contributed by atoms with van der Waals surface area (Å²) in [6, 6.07) is 12.3. The first-order valence-corrected chi connectivity index (χ1v) is 11.0. The molecule has 0 fully saturated rings. The molecule has 0 amide bonds. The minimum absolute atomic E-state index is 0.361. The van der Waals surface area contributed by atoms with E-state index in [4.69, 9.17) is 0 Å². The molecule has 0 saturated heterocycles. The first-order valence-electron chi connectivity index (χ1n) is 10.0. The van der Waals surface area contributed by atoms with Crippen LogP contribution in [-0.2, 0) is 12.3 Å². The number of nitrogens with zero attached hydrogens (tertiary/aromatic N) is 8. The summed E-state index contributed by atoms with van der Waals surface area (Å²) in [7, 11) is 0. The van der Waals surface area contributed by atoms with Crippen molar-refractivity contribution in [3.8, 4) is 17.1 Å². The molecule has 4 rings (SSSR count). The third-order valence-corrected chi connectivity index (χ3v) is 5.65. The van der Waals surface area contributed by atoms with Crippen molar-refractivity contribution in [3.63, 3.8) is 0 Å². The van der Waals surface area contributed by atoms with Crippen LogP contribution >= 0.6 is 11.8 Å². The summed E-state index contributed by atoms with van der Waals surface area (Å²) in [5.41, 5.74) is 3.23. The van der Waals surface area contributed by atoms with Gasteiger partial charge in [-0.3, -0.25) is 9.55 Å². The maximum absolute atomic E-state index is 4.52. The Labute approximate surface area is 179 Å². The van der Waals surface area contributed by atoms with Crippen LogP contribution in [0.1, 0.15) is 44.5 Å². The van der Waals surface area contributed by atoms with Gasteiger partial charge in [0.05, 0.1) is 11.4 Å². The molecule has 4 aromatic rings. The smallest absolute Gasteiger partial charge is 0.196 e. The topological polar surface area (TPSA) is 87.2 Å². The quantitative estimate of drug-likeness (QED) is 0.396. The lowest BCUT2D eigenvalue weighted by Crippen LogP contribution is -2.06. The van der Waals surface area contributed by atoms with Crippen molar-refractivity contribution in [2.45, 2.75) is 50.6 Å². The zero-order valence-corrected chi connectivity index (χ0v) is 18.1. The highest BCUT2D eigenvalue weighted by Gasteiger charge is 2.20. The van der Waals surface area contributed by atoms with E-state index in [1.165, 1.54) is 5.56 Å². The number of aromatic nitrogens is 8.